The summed E-state index contributed by atoms with van der Waals surface area (Å²) in [5.41, 5.74) is 1.65. The molecule has 1 heterocycles. The number of hydrogen-bond acceptors (Lipinski definition) is 2. The summed E-state index contributed by atoms with van der Waals surface area (Å²) >= 11 is 0. The number of aromatic nitrogens is 1. The Labute approximate surface area is 82.0 Å². The number of Topliss-reactive ketones (excluding diaryl/α,β-unsaturated/α-hetero) is 1. The smallest absolute Gasteiger partial charge is 0.174 e. The van der Waals surface area contributed by atoms with Gasteiger partial charge in [0.15, 0.2) is 5.78 Å². The molecule has 1 aliphatic rings. The zero-order valence-electron chi connectivity index (χ0n) is 7.77. The minimum Gasteiger partial charge on any atom is -0.327 e. The second-order valence-electron chi connectivity index (χ2n) is 3.41. The fourth-order valence-corrected chi connectivity index (χ4v) is 1.89. The molecule has 0 amide bonds. The molecule has 0 bridgehead atoms. The SMILES string of the molecule is C=Cn1ccc2c1CCC(C=O)C2=O. The first-order chi connectivity index (χ1) is 6.77. The molecule has 3 nitrogen and oxygen atoms in total. The van der Waals surface area contributed by atoms with Gasteiger partial charge in [-0.1, -0.05) is 6.58 Å². The fraction of sp³-hybridized carbons (Fsp3) is 0.273. The number of carbonyl (C=O) groups is 2. The molecule has 0 aromatic carbocycles. The maximum atomic E-state index is 11.7. The Morgan fingerprint density at radius 3 is 3.00 bits per heavy atom. The lowest BCUT2D eigenvalue weighted by atomic mass is 9.87. The number of fused-ring (bicyclic) bond motifs is 1. The first-order valence-electron chi connectivity index (χ1n) is 4.59. The average Bonchev–Trinajstić information content (AvgIpc) is 2.62. The third-order valence-corrected chi connectivity index (χ3v) is 2.68. The van der Waals surface area contributed by atoms with E-state index in [1.807, 2.05) is 10.8 Å². The highest BCUT2D eigenvalue weighted by Gasteiger charge is 2.28. The highest BCUT2D eigenvalue weighted by molar-refractivity contribution is 6.07. The molecule has 1 unspecified atom stereocenters. The van der Waals surface area contributed by atoms with E-state index in [0.29, 0.717) is 12.0 Å². The molecule has 72 valence electrons. The topological polar surface area (TPSA) is 39.1 Å². The van der Waals surface area contributed by atoms with Gasteiger partial charge in [0.1, 0.15) is 6.29 Å². The van der Waals surface area contributed by atoms with Crippen LogP contribution in [0.15, 0.2) is 18.8 Å². The summed E-state index contributed by atoms with van der Waals surface area (Å²) in [5.74, 6) is -0.495. The van der Waals surface area contributed by atoms with Gasteiger partial charge in [-0.05, 0) is 18.9 Å². The van der Waals surface area contributed by atoms with Crippen LogP contribution in [-0.2, 0) is 11.2 Å². The van der Waals surface area contributed by atoms with Crippen molar-refractivity contribution in [2.24, 2.45) is 5.92 Å². The Bertz CT molecular complexity index is 403. The van der Waals surface area contributed by atoms with Crippen molar-refractivity contribution in [2.45, 2.75) is 12.8 Å². The zero-order chi connectivity index (χ0) is 10.1. The molecule has 1 atom stereocenters. The highest BCUT2D eigenvalue weighted by Crippen LogP contribution is 2.25. The van der Waals surface area contributed by atoms with Gasteiger partial charge in [0.25, 0.3) is 0 Å². The molecule has 0 saturated heterocycles. The van der Waals surface area contributed by atoms with Gasteiger partial charge in [0.2, 0.25) is 0 Å². The number of nitrogens with zero attached hydrogens (tertiary/aromatic N) is 1. The van der Waals surface area contributed by atoms with Crippen LogP contribution in [0.1, 0.15) is 22.5 Å². The maximum absolute atomic E-state index is 11.7. The lowest BCUT2D eigenvalue weighted by molar-refractivity contribution is -0.110. The van der Waals surface area contributed by atoms with Crippen LogP contribution in [0, 0.1) is 5.92 Å². The van der Waals surface area contributed by atoms with Crippen molar-refractivity contribution < 1.29 is 9.59 Å². The van der Waals surface area contributed by atoms with Gasteiger partial charge in [0, 0.05) is 23.7 Å². The molecule has 2 rings (SSSR count). The third-order valence-electron chi connectivity index (χ3n) is 2.68. The maximum Gasteiger partial charge on any atom is 0.174 e. The minimum atomic E-state index is -0.442. The Kier molecular flexibility index (Phi) is 2.08. The fourth-order valence-electron chi connectivity index (χ4n) is 1.89. The van der Waals surface area contributed by atoms with E-state index < -0.39 is 5.92 Å². The molecule has 0 saturated carbocycles. The van der Waals surface area contributed by atoms with Crippen molar-refractivity contribution in [3.05, 3.63) is 30.1 Å². The van der Waals surface area contributed by atoms with E-state index in [1.54, 1.807) is 12.3 Å². The van der Waals surface area contributed by atoms with Crippen LogP contribution in [0.25, 0.3) is 6.20 Å². The van der Waals surface area contributed by atoms with Crippen LogP contribution < -0.4 is 0 Å². The lowest BCUT2D eigenvalue weighted by Gasteiger charge is -2.17. The Morgan fingerprint density at radius 2 is 2.36 bits per heavy atom. The lowest BCUT2D eigenvalue weighted by Crippen LogP contribution is -2.23. The summed E-state index contributed by atoms with van der Waals surface area (Å²) in [6, 6.07) is 1.76. The van der Waals surface area contributed by atoms with E-state index in [4.69, 9.17) is 0 Å². The Morgan fingerprint density at radius 1 is 1.57 bits per heavy atom. The first kappa shape index (κ1) is 8.94. The summed E-state index contributed by atoms with van der Waals surface area (Å²) in [4.78, 5) is 22.3. The number of ketones is 1. The second kappa shape index (κ2) is 3.25. The van der Waals surface area contributed by atoms with Gasteiger partial charge in [-0.15, -0.1) is 0 Å². The molecule has 14 heavy (non-hydrogen) atoms. The van der Waals surface area contributed by atoms with Gasteiger partial charge in [-0.3, -0.25) is 4.79 Å². The summed E-state index contributed by atoms with van der Waals surface area (Å²) in [5, 5.41) is 0. The van der Waals surface area contributed by atoms with E-state index in [-0.39, 0.29) is 5.78 Å². The van der Waals surface area contributed by atoms with Crippen molar-refractivity contribution in [2.75, 3.05) is 0 Å². The van der Waals surface area contributed by atoms with Crippen molar-refractivity contribution in [1.29, 1.82) is 0 Å². The molecule has 0 N–H and O–H groups in total. The van der Waals surface area contributed by atoms with Crippen molar-refractivity contribution in [3.8, 4) is 0 Å². The normalized spacial score (nSPS) is 20.3. The molecule has 1 aromatic heterocycles. The highest BCUT2D eigenvalue weighted by atomic mass is 16.1. The summed E-state index contributed by atoms with van der Waals surface area (Å²) in [6.07, 6.45) is 5.61. The summed E-state index contributed by atoms with van der Waals surface area (Å²) < 4.78 is 1.84. The van der Waals surface area contributed by atoms with E-state index >= 15 is 0 Å². The predicted molar refractivity (Wildman–Crippen MR) is 53.0 cm³/mol. The average molecular weight is 189 g/mol. The quantitative estimate of drug-likeness (QED) is 0.522. The standard InChI is InChI=1S/C11H11NO2/c1-2-12-6-5-9-10(12)4-3-8(7-13)11(9)14/h2,5-8H,1,3-4H2. The molecule has 0 aliphatic heterocycles. The molecular formula is C11H11NO2. The molecule has 3 heteroatoms. The van der Waals surface area contributed by atoms with Gasteiger partial charge >= 0.3 is 0 Å². The van der Waals surface area contributed by atoms with E-state index in [1.165, 1.54) is 0 Å². The predicted octanol–water partition coefficient (Wildman–Crippen LogP) is 1.53. The first-order valence-corrected chi connectivity index (χ1v) is 4.59. The van der Waals surface area contributed by atoms with E-state index in [9.17, 15) is 9.59 Å². The molecular weight excluding hydrogens is 178 g/mol. The molecule has 0 fully saturated rings. The van der Waals surface area contributed by atoms with Crippen LogP contribution >= 0.6 is 0 Å². The summed E-state index contributed by atoms with van der Waals surface area (Å²) in [6.45, 7) is 3.66. The van der Waals surface area contributed by atoms with Gasteiger partial charge in [-0.2, -0.15) is 0 Å². The van der Waals surface area contributed by atoms with Crippen LogP contribution in [0.2, 0.25) is 0 Å². The van der Waals surface area contributed by atoms with Crippen molar-refractivity contribution in [3.63, 3.8) is 0 Å². The molecule has 1 aromatic rings. The minimum absolute atomic E-state index is 0.0538. The zero-order valence-corrected chi connectivity index (χ0v) is 7.77. The molecule has 0 radical (unpaired) electrons. The number of carbonyl (C=O) groups excluding carboxylic acids is 2. The van der Waals surface area contributed by atoms with E-state index in [0.717, 1.165) is 18.4 Å². The Balaban J connectivity index is 2.47. The van der Waals surface area contributed by atoms with E-state index in [2.05, 4.69) is 6.58 Å². The van der Waals surface area contributed by atoms with Crippen LogP contribution in [-0.4, -0.2) is 16.6 Å². The Hall–Kier alpha value is -1.64. The van der Waals surface area contributed by atoms with Gasteiger partial charge in [0.05, 0.1) is 5.92 Å². The van der Waals surface area contributed by atoms with Crippen LogP contribution in [0.5, 0.6) is 0 Å². The van der Waals surface area contributed by atoms with Gasteiger partial charge < -0.3 is 9.36 Å². The largest absolute Gasteiger partial charge is 0.327 e. The molecule has 1 aliphatic carbocycles. The van der Waals surface area contributed by atoms with Crippen LogP contribution in [0.3, 0.4) is 0 Å². The number of aldehydes is 1. The monoisotopic (exact) mass is 189 g/mol. The van der Waals surface area contributed by atoms with Crippen molar-refractivity contribution in [1.82, 2.24) is 4.57 Å². The summed E-state index contributed by atoms with van der Waals surface area (Å²) in [7, 11) is 0. The van der Waals surface area contributed by atoms with Crippen LogP contribution in [0.4, 0.5) is 0 Å². The van der Waals surface area contributed by atoms with Crippen molar-refractivity contribution >= 4 is 18.3 Å². The number of hydrogen-bond donors (Lipinski definition) is 0. The molecule has 0 spiro atoms. The van der Waals surface area contributed by atoms with Gasteiger partial charge in [-0.25, -0.2) is 0 Å². The second-order valence-corrected chi connectivity index (χ2v) is 3.41. The third kappa shape index (κ3) is 1.13. The number of rotatable bonds is 2.